The normalized spacial score (nSPS) is 15.7. The smallest absolute Gasteiger partial charge is 0.244 e. The predicted molar refractivity (Wildman–Crippen MR) is 110 cm³/mol. The number of pyridine rings is 1. The van der Waals surface area contributed by atoms with Crippen LogP contribution >= 0.6 is 0 Å². The molecule has 3 rings (SSSR count). The third-order valence-electron chi connectivity index (χ3n) is 5.36. The molecule has 0 saturated carbocycles. The third-order valence-corrected chi connectivity index (χ3v) is 7.24. The number of hydrogen-bond donors (Lipinski definition) is 0. The molecule has 1 amide bonds. The zero-order valence-electron chi connectivity index (χ0n) is 17.1. The number of amides is 1. The number of methoxy groups -OCH3 is 1. The number of aromatic nitrogens is 1. The van der Waals surface area contributed by atoms with Crippen molar-refractivity contribution in [1.82, 2.24) is 14.2 Å². The van der Waals surface area contributed by atoms with Crippen LogP contribution in [-0.2, 0) is 21.4 Å². The molecule has 0 N–H and O–H groups in total. The molecule has 1 saturated heterocycles. The Labute approximate surface area is 176 Å². The van der Waals surface area contributed by atoms with E-state index < -0.39 is 15.8 Å². The highest BCUT2D eigenvalue weighted by Crippen LogP contribution is 2.26. The van der Waals surface area contributed by atoms with E-state index in [1.54, 1.807) is 23.1 Å². The topological polar surface area (TPSA) is 79.8 Å². The Balaban J connectivity index is 1.63. The minimum Gasteiger partial charge on any atom is -0.494 e. The average molecular weight is 436 g/mol. The number of benzene rings is 1. The summed E-state index contributed by atoms with van der Waals surface area (Å²) in [5.74, 6) is -0.594. The maximum Gasteiger partial charge on any atom is 0.244 e. The molecule has 0 aliphatic carbocycles. The molecule has 1 aromatic heterocycles. The first-order valence-electron chi connectivity index (χ1n) is 9.88. The highest BCUT2D eigenvalue weighted by atomic mass is 32.2. The summed E-state index contributed by atoms with van der Waals surface area (Å²) in [7, 11) is -2.20. The minimum atomic E-state index is -3.60. The fourth-order valence-electron chi connectivity index (χ4n) is 3.62. The van der Waals surface area contributed by atoms with Gasteiger partial charge >= 0.3 is 0 Å². The van der Waals surface area contributed by atoms with Gasteiger partial charge in [0.2, 0.25) is 15.9 Å². The molecular formula is C21H26FN3O4S. The van der Waals surface area contributed by atoms with E-state index in [9.17, 15) is 17.6 Å². The van der Waals surface area contributed by atoms with Crippen molar-refractivity contribution in [2.24, 2.45) is 5.92 Å². The lowest BCUT2D eigenvalue weighted by molar-refractivity contribution is -0.137. The van der Waals surface area contributed by atoms with Crippen molar-refractivity contribution in [3.8, 4) is 5.75 Å². The van der Waals surface area contributed by atoms with Crippen LogP contribution in [0, 0.1) is 11.7 Å². The van der Waals surface area contributed by atoms with Gasteiger partial charge in [0.1, 0.15) is 4.90 Å². The van der Waals surface area contributed by atoms with E-state index in [0.717, 1.165) is 0 Å². The van der Waals surface area contributed by atoms with Crippen LogP contribution in [-0.4, -0.2) is 55.3 Å². The molecule has 0 atom stereocenters. The van der Waals surface area contributed by atoms with E-state index in [2.05, 4.69) is 4.98 Å². The van der Waals surface area contributed by atoms with Gasteiger partial charge in [-0.25, -0.2) is 12.8 Å². The summed E-state index contributed by atoms with van der Waals surface area (Å²) in [5.41, 5.74) is 0.681. The summed E-state index contributed by atoms with van der Waals surface area (Å²) < 4.78 is 45.7. The molecule has 2 aromatic rings. The van der Waals surface area contributed by atoms with Gasteiger partial charge in [-0.15, -0.1) is 0 Å². The predicted octanol–water partition coefficient (Wildman–Crippen LogP) is 2.68. The van der Waals surface area contributed by atoms with Gasteiger partial charge in [-0.2, -0.15) is 4.31 Å². The molecule has 0 bridgehead atoms. The summed E-state index contributed by atoms with van der Waals surface area (Å²) in [6.07, 6.45) is 3.76. The van der Waals surface area contributed by atoms with Crippen molar-refractivity contribution >= 4 is 15.9 Å². The summed E-state index contributed by atoms with van der Waals surface area (Å²) >= 11 is 0. The maximum atomic E-state index is 14.0. The maximum absolute atomic E-state index is 14.0. The number of rotatable bonds is 7. The van der Waals surface area contributed by atoms with Gasteiger partial charge < -0.3 is 9.64 Å². The van der Waals surface area contributed by atoms with Crippen LogP contribution in [0.25, 0.3) is 0 Å². The van der Waals surface area contributed by atoms with Crippen LogP contribution < -0.4 is 4.74 Å². The van der Waals surface area contributed by atoms with Crippen molar-refractivity contribution in [1.29, 1.82) is 0 Å². The van der Waals surface area contributed by atoms with Crippen LogP contribution in [0.1, 0.15) is 25.3 Å². The Morgan fingerprint density at radius 2 is 2.03 bits per heavy atom. The van der Waals surface area contributed by atoms with Crippen LogP contribution in [0.4, 0.5) is 4.39 Å². The van der Waals surface area contributed by atoms with E-state index >= 15 is 0 Å². The Morgan fingerprint density at radius 3 is 2.60 bits per heavy atom. The Hall–Kier alpha value is -2.52. The lowest BCUT2D eigenvalue weighted by Gasteiger charge is -2.33. The van der Waals surface area contributed by atoms with Gasteiger partial charge in [-0.1, -0.05) is 6.07 Å². The fraction of sp³-hybridized carbons (Fsp3) is 0.429. The molecule has 0 radical (unpaired) electrons. The molecule has 7 nitrogen and oxygen atoms in total. The van der Waals surface area contributed by atoms with E-state index in [0.29, 0.717) is 31.5 Å². The largest absolute Gasteiger partial charge is 0.494 e. The number of nitrogens with zero attached hydrogens (tertiary/aromatic N) is 3. The van der Waals surface area contributed by atoms with Crippen LogP contribution in [0.15, 0.2) is 47.6 Å². The summed E-state index contributed by atoms with van der Waals surface area (Å²) in [4.78, 5) is 18.7. The van der Waals surface area contributed by atoms with Gasteiger partial charge in [0.05, 0.1) is 7.11 Å². The van der Waals surface area contributed by atoms with Crippen molar-refractivity contribution in [3.05, 3.63) is 54.1 Å². The van der Waals surface area contributed by atoms with Gasteiger partial charge in [-0.05, 0) is 49.6 Å². The van der Waals surface area contributed by atoms with Crippen molar-refractivity contribution in [2.45, 2.75) is 31.2 Å². The first-order valence-corrected chi connectivity index (χ1v) is 11.3. The zero-order valence-corrected chi connectivity index (χ0v) is 17.9. The zero-order chi connectivity index (χ0) is 21.7. The monoisotopic (exact) mass is 435 g/mol. The summed E-state index contributed by atoms with van der Waals surface area (Å²) in [6, 6.07) is 7.76. The SMILES string of the molecule is CCN(Cc1ccc(OC)c(F)c1)C(=O)C1CCN(S(=O)(=O)c2cccnc2)CC1. The van der Waals surface area contributed by atoms with Gasteiger partial charge in [0.15, 0.2) is 11.6 Å². The number of carbonyl (C=O) groups excluding carboxylic acids is 1. The second-order valence-corrected chi connectivity index (χ2v) is 9.13. The number of piperidine rings is 1. The lowest BCUT2D eigenvalue weighted by atomic mass is 9.96. The molecule has 2 heterocycles. The Morgan fingerprint density at radius 1 is 1.30 bits per heavy atom. The molecule has 9 heteroatoms. The fourth-order valence-corrected chi connectivity index (χ4v) is 5.06. The van der Waals surface area contributed by atoms with E-state index in [1.807, 2.05) is 6.92 Å². The highest BCUT2D eigenvalue weighted by Gasteiger charge is 2.33. The first-order chi connectivity index (χ1) is 14.4. The minimum absolute atomic E-state index is 0.0350. The molecule has 0 unspecified atom stereocenters. The molecule has 1 fully saturated rings. The Bertz CT molecular complexity index is 977. The number of halogens is 1. The molecule has 162 valence electrons. The molecule has 30 heavy (non-hydrogen) atoms. The van der Waals surface area contributed by atoms with Gasteiger partial charge in [-0.3, -0.25) is 9.78 Å². The van der Waals surface area contributed by atoms with Crippen LogP contribution in [0.5, 0.6) is 5.75 Å². The summed E-state index contributed by atoms with van der Waals surface area (Å²) in [6.45, 7) is 3.22. The third kappa shape index (κ3) is 4.79. The lowest BCUT2D eigenvalue weighted by Crippen LogP contribution is -2.44. The number of sulfonamides is 1. The second kappa shape index (κ2) is 9.53. The molecule has 1 aromatic carbocycles. The molecule has 0 spiro atoms. The van der Waals surface area contributed by atoms with E-state index in [-0.39, 0.29) is 35.6 Å². The van der Waals surface area contributed by atoms with E-state index in [4.69, 9.17) is 4.74 Å². The Kier molecular flexibility index (Phi) is 7.04. The van der Waals surface area contributed by atoms with Gasteiger partial charge in [0, 0.05) is 44.5 Å². The first kappa shape index (κ1) is 22.2. The summed E-state index contributed by atoms with van der Waals surface area (Å²) in [5, 5.41) is 0. The number of ether oxygens (including phenoxy) is 1. The van der Waals surface area contributed by atoms with Crippen molar-refractivity contribution < 1.29 is 22.3 Å². The van der Waals surface area contributed by atoms with Crippen LogP contribution in [0.2, 0.25) is 0 Å². The van der Waals surface area contributed by atoms with E-state index in [1.165, 1.54) is 35.9 Å². The number of carbonyl (C=O) groups is 1. The highest BCUT2D eigenvalue weighted by molar-refractivity contribution is 7.89. The molecule has 1 aliphatic heterocycles. The van der Waals surface area contributed by atoms with Crippen molar-refractivity contribution in [2.75, 3.05) is 26.7 Å². The van der Waals surface area contributed by atoms with Gasteiger partial charge in [0.25, 0.3) is 0 Å². The standard InChI is InChI=1S/C21H26FN3O4S/c1-3-24(15-16-6-7-20(29-2)19(22)13-16)21(26)17-8-11-25(12-9-17)30(27,28)18-5-4-10-23-14-18/h4-7,10,13-14,17H,3,8-9,11-12,15H2,1-2H3. The second-order valence-electron chi connectivity index (χ2n) is 7.19. The average Bonchev–Trinajstić information content (AvgIpc) is 2.78. The van der Waals surface area contributed by atoms with Crippen LogP contribution in [0.3, 0.4) is 0 Å². The van der Waals surface area contributed by atoms with Crippen molar-refractivity contribution in [3.63, 3.8) is 0 Å². The number of hydrogen-bond acceptors (Lipinski definition) is 5. The quantitative estimate of drug-likeness (QED) is 0.668. The molecular weight excluding hydrogens is 409 g/mol. The molecule has 1 aliphatic rings.